The lowest BCUT2D eigenvalue weighted by atomic mass is 10.1. The molecular formula is C19H20N4O. The van der Waals surface area contributed by atoms with Gasteiger partial charge in [-0.05, 0) is 42.3 Å². The van der Waals surface area contributed by atoms with E-state index in [1.54, 1.807) is 6.33 Å². The van der Waals surface area contributed by atoms with E-state index in [2.05, 4.69) is 20.6 Å². The zero-order valence-electron chi connectivity index (χ0n) is 13.8. The first-order valence-corrected chi connectivity index (χ1v) is 7.98. The summed E-state index contributed by atoms with van der Waals surface area (Å²) < 4.78 is 0. The molecule has 1 heterocycles. The molecule has 0 aliphatic heterocycles. The minimum absolute atomic E-state index is 0.0347. The fraction of sp³-hybridized carbons (Fsp3) is 0.211. The molecule has 5 heteroatoms. The van der Waals surface area contributed by atoms with Crippen molar-refractivity contribution in [1.82, 2.24) is 9.97 Å². The van der Waals surface area contributed by atoms with Crippen LogP contribution in [0.25, 0.3) is 10.9 Å². The third kappa shape index (κ3) is 3.87. The summed E-state index contributed by atoms with van der Waals surface area (Å²) in [6.07, 6.45) is 2.07. The second kappa shape index (κ2) is 7.08. The molecule has 0 fully saturated rings. The number of aromatic nitrogens is 2. The largest absolute Gasteiger partial charge is 0.340 e. The van der Waals surface area contributed by atoms with Crippen LogP contribution >= 0.6 is 0 Å². The minimum atomic E-state index is 0.0347. The van der Waals surface area contributed by atoms with Gasteiger partial charge in [-0.1, -0.05) is 26.0 Å². The van der Waals surface area contributed by atoms with Gasteiger partial charge in [-0.25, -0.2) is 9.97 Å². The van der Waals surface area contributed by atoms with E-state index < -0.39 is 0 Å². The number of carbonyl (C=O) groups is 1. The molecule has 0 unspecified atom stereocenters. The van der Waals surface area contributed by atoms with Gasteiger partial charge in [-0.2, -0.15) is 0 Å². The number of nitrogens with zero attached hydrogens (tertiary/aromatic N) is 2. The third-order valence-electron chi connectivity index (χ3n) is 3.57. The van der Waals surface area contributed by atoms with Crippen LogP contribution in [0.1, 0.15) is 20.3 Å². The molecule has 3 aromatic rings. The molecule has 0 atom stereocenters. The fourth-order valence-electron chi connectivity index (χ4n) is 2.46. The molecule has 0 bridgehead atoms. The van der Waals surface area contributed by atoms with E-state index in [4.69, 9.17) is 0 Å². The van der Waals surface area contributed by atoms with Gasteiger partial charge in [0.25, 0.3) is 0 Å². The maximum Gasteiger partial charge on any atom is 0.224 e. The number of hydrogen-bond donors (Lipinski definition) is 2. The van der Waals surface area contributed by atoms with Crippen LogP contribution in [-0.4, -0.2) is 15.9 Å². The van der Waals surface area contributed by atoms with Crippen LogP contribution in [-0.2, 0) is 4.79 Å². The maximum atomic E-state index is 11.8. The van der Waals surface area contributed by atoms with Crippen molar-refractivity contribution >= 4 is 34.0 Å². The summed E-state index contributed by atoms with van der Waals surface area (Å²) in [5.74, 6) is 1.14. The van der Waals surface area contributed by atoms with E-state index in [1.807, 2.05) is 62.4 Å². The van der Waals surface area contributed by atoms with Gasteiger partial charge >= 0.3 is 0 Å². The first-order valence-electron chi connectivity index (χ1n) is 7.98. The number of anilines is 3. The highest BCUT2D eigenvalue weighted by molar-refractivity contribution is 5.92. The highest BCUT2D eigenvalue weighted by atomic mass is 16.1. The number of amides is 1. The molecule has 0 aliphatic rings. The van der Waals surface area contributed by atoms with Crippen molar-refractivity contribution in [2.75, 3.05) is 10.6 Å². The molecule has 2 N–H and O–H groups in total. The molecule has 0 radical (unpaired) electrons. The predicted octanol–water partition coefficient (Wildman–Crippen LogP) is 4.36. The van der Waals surface area contributed by atoms with Gasteiger partial charge in [0, 0.05) is 23.2 Å². The quantitative estimate of drug-likeness (QED) is 0.733. The molecular weight excluding hydrogens is 300 g/mol. The molecule has 0 aliphatic carbocycles. The predicted molar refractivity (Wildman–Crippen MR) is 97.3 cm³/mol. The van der Waals surface area contributed by atoms with Crippen molar-refractivity contribution in [2.45, 2.75) is 20.3 Å². The molecule has 1 amide bonds. The van der Waals surface area contributed by atoms with Gasteiger partial charge in [-0.3, -0.25) is 4.79 Å². The van der Waals surface area contributed by atoms with Gasteiger partial charge in [0.2, 0.25) is 5.91 Å². The van der Waals surface area contributed by atoms with Crippen LogP contribution in [0, 0.1) is 5.92 Å². The van der Waals surface area contributed by atoms with E-state index in [0.29, 0.717) is 12.3 Å². The van der Waals surface area contributed by atoms with E-state index in [1.165, 1.54) is 0 Å². The van der Waals surface area contributed by atoms with E-state index in [9.17, 15) is 4.79 Å². The lowest BCUT2D eigenvalue weighted by molar-refractivity contribution is -0.116. The lowest BCUT2D eigenvalue weighted by Crippen LogP contribution is -2.13. The van der Waals surface area contributed by atoms with Crippen molar-refractivity contribution in [3.8, 4) is 0 Å². The Morgan fingerprint density at radius 3 is 2.46 bits per heavy atom. The van der Waals surface area contributed by atoms with Crippen LogP contribution in [0.3, 0.4) is 0 Å². The van der Waals surface area contributed by atoms with E-state index in [-0.39, 0.29) is 5.91 Å². The second-order valence-electron chi connectivity index (χ2n) is 6.09. The van der Waals surface area contributed by atoms with Crippen molar-refractivity contribution in [3.63, 3.8) is 0 Å². The summed E-state index contributed by atoms with van der Waals surface area (Å²) in [5, 5.41) is 7.16. The van der Waals surface area contributed by atoms with Crippen molar-refractivity contribution in [1.29, 1.82) is 0 Å². The van der Waals surface area contributed by atoms with Crippen molar-refractivity contribution < 1.29 is 4.79 Å². The first kappa shape index (κ1) is 15.9. The number of fused-ring (bicyclic) bond motifs is 1. The smallest absolute Gasteiger partial charge is 0.224 e. The Morgan fingerprint density at radius 2 is 1.71 bits per heavy atom. The van der Waals surface area contributed by atoms with Crippen molar-refractivity contribution in [3.05, 3.63) is 54.9 Å². The lowest BCUT2D eigenvalue weighted by Gasteiger charge is -2.10. The number of nitrogens with one attached hydrogen (secondary N) is 2. The number of hydrogen-bond acceptors (Lipinski definition) is 4. The van der Waals surface area contributed by atoms with Gasteiger partial charge < -0.3 is 10.6 Å². The maximum absolute atomic E-state index is 11.8. The van der Waals surface area contributed by atoms with Crippen LogP contribution in [0.5, 0.6) is 0 Å². The molecule has 24 heavy (non-hydrogen) atoms. The summed E-state index contributed by atoms with van der Waals surface area (Å²) in [5.41, 5.74) is 2.59. The zero-order chi connectivity index (χ0) is 16.9. The molecule has 0 spiro atoms. The standard InChI is InChI=1S/C19H20N4O/c1-13(2)11-18(24)22-14-7-9-15(10-8-14)23-19-16-5-3-4-6-17(16)20-12-21-19/h3-10,12-13H,11H2,1-2H3,(H,22,24)(H,20,21,23). The van der Waals surface area contributed by atoms with E-state index in [0.717, 1.165) is 28.1 Å². The number of para-hydroxylation sites is 1. The summed E-state index contributed by atoms with van der Waals surface area (Å²) in [6, 6.07) is 15.4. The van der Waals surface area contributed by atoms with Crippen LogP contribution < -0.4 is 10.6 Å². The summed E-state index contributed by atoms with van der Waals surface area (Å²) in [7, 11) is 0. The van der Waals surface area contributed by atoms with Gasteiger partial charge in [0.05, 0.1) is 5.52 Å². The topological polar surface area (TPSA) is 66.9 Å². The molecule has 3 rings (SSSR count). The van der Waals surface area contributed by atoms with E-state index >= 15 is 0 Å². The highest BCUT2D eigenvalue weighted by Crippen LogP contribution is 2.23. The van der Waals surface area contributed by atoms with Gasteiger partial charge in [0.15, 0.2) is 0 Å². The van der Waals surface area contributed by atoms with Crippen LogP contribution in [0.2, 0.25) is 0 Å². The Kier molecular flexibility index (Phi) is 4.70. The molecule has 2 aromatic carbocycles. The average molecular weight is 320 g/mol. The summed E-state index contributed by atoms with van der Waals surface area (Å²) in [6.45, 7) is 4.05. The fourth-order valence-corrected chi connectivity index (χ4v) is 2.46. The number of benzene rings is 2. The Labute approximate surface area is 141 Å². The zero-order valence-corrected chi connectivity index (χ0v) is 13.8. The third-order valence-corrected chi connectivity index (χ3v) is 3.57. The molecule has 5 nitrogen and oxygen atoms in total. The summed E-state index contributed by atoms with van der Waals surface area (Å²) in [4.78, 5) is 20.4. The monoisotopic (exact) mass is 320 g/mol. The molecule has 0 saturated heterocycles. The van der Waals surface area contributed by atoms with Crippen LogP contribution in [0.4, 0.5) is 17.2 Å². The molecule has 1 aromatic heterocycles. The van der Waals surface area contributed by atoms with Gasteiger partial charge in [0.1, 0.15) is 12.1 Å². The Balaban J connectivity index is 1.73. The molecule has 0 saturated carbocycles. The van der Waals surface area contributed by atoms with Crippen molar-refractivity contribution in [2.24, 2.45) is 5.92 Å². The Hall–Kier alpha value is -2.95. The minimum Gasteiger partial charge on any atom is -0.340 e. The SMILES string of the molecule is CC(C)CC(=O)Nc1ccc(Nc2ncnc3ccccc23)cc1. The number of rotatable bonds is 5. The van der Waals surface area contributed by atoms with Gasteiger partial charge in [-0.15, -0.1) is 0 Å². The normalized spacial score (nSPS) is 10.8. The average Bonchev–Trinajstić information content (AvgIpc) is 2.56. The first-order chi connectivity index (χ1) is 11.6. The summed E-state index contributed by atoms with van der Waals surface area (Å²) >= 11 is 0. The molecule has 122 valence electrons. The number of carbonyl (C=O) groups excluding carboxylic acids is 1. The highest BCUT2D eigenvalue weighted by Gasteiger charge is 2.06. The Bertz CT molecular complexity index is 838. The Morgan fingerprint density at radius 1 is 1.00 bits per heavy atom. The van der Waals surface area contributed by atoms with Crippen LogP contribution in [0.15, 0.2) is 54.9 Å². The second-order valence-corrected chi connectivity index (χ2v) is 6.09.